The minimum atomic E-state index is -0.180. The molecule has 0 aliphatic heterocycles. The number of nitrogens with two attached hydrogens (primary N) is 1. The molecule has 0 bridgehead atoms. The van der Waals surface area contributed by atoms with Crippen LogP contribution in [0.15, 0.2) is 46.2 Å². The van der Waals surface area contributed by atoms with Crippen LogP contribution < -0.4 is 5.73 Å². The van der Waals surface area contributed by atoms with E-state index in [9.17, 15) is 9.90 Å². The maximum Gasteiger partial charge on any atom is 0.254 e. The Kier molecular flexibility index (Phi) is 4.65. The topological polar surface area (TPSA) is 66.6 Å². The van der Waals surface area contributed by atoms with Gasteiger partial charge in [0, 0.05) is 34.6 Å². The number of halogens is 1. The number of aromatic hydroxyl groups is 1. The first-order valence-electron chi connectivity index (χ1n) is 6.16. The van der Waals surface area contributed by atoms with Crippen LogP contribution in [-0.4, -0.2) is 30.0 Å². The molecule has 0 saturated carbocycles. The van der Waals surface area contributed by atoms with Gasteiger partial charge in [-0.3, -0.25) is 4.79 Å². The average Bonchev–Trinajstić information content (AvgIpc) is 2.42. The summed E-state index contributed by atoms with van der Waals surface area (Å²) in [4.78, 5) is 15.2. The van der Waals surface area contributed by atoms with Crippen LogP contribution >= 0.6 is 23.4 Å². The van der Waals surface area contributed by atoms with Crippen molar-refractivity contribution in [2.45, 2.75) is 9.79 Å². The minimum Gasteiger partial charge on any atom is -0.508 e. The largest absolute Gasteiger partial charge is 0.508 e. The fourth-order valence-corrected chi connectivity index (χ4v) is 2.87. The van der Waals surface area contributed by atoms with Crippen molar-refractivity contribution in [1.29, 1.82) is 0 Å². The summed E-state index contributed by atoms with van der Waals surface area (Å²) in [5, 5.41) is 10.2. The van der Waals surface area contributed by atoms with E-state index < -0.39 is 0 Å². The number of rotatable bonds is 3. The third-order valence-electron chi connectivity index (χ3n) is 2.79. The molecule has 0 unspecified atom stereocenters. The van der Waals surface area contributed by atoms with Gasteiger partial charge < -0.3 is 15.7 Å². The highest BCUT2D eigenvalue weighted by Gasteiger charge is 2.16. The van der Waals surface area contributed by atoms with Gasteiger partial charge in [-0.05, 0) is 36.4 Å². The zero-order valence-electron chi connectivity index (χ0n) is 11.6. The van der Waals surface area contributed by atoms with E-state index in [1.165, 1.54) is 22.7 Å². The van der Waals surface area contributed by atoms with E-state index in [-0.39, 0.29) is 11.7 Å². The van der Waals surface area contributed by atoms with E-state index in [1.807, 2.05) is 0 Å². The molecule has 0 saturated heterocycles. The maximum atomic E-state index is 12.2. The van der Waals surface area contributed by atoms with Crippen LogP contribution in [0.3, 0.4) is 0 Å². The molecule has 1 amide bonds. The molecule has 2 aromatic carbocycles. The number of anilines is 1. The quantitative estimate of drug-likeness (QED) is 0.849. The second kappa shape index (κ2) is 6.28. The lowest BCUT2D eigenvalue weighted by atomic mass is 10.2. The lowest BCUT2D eigenvalue weighted by Gasteiger charge is -2.15. The highest BCUT2D eigenvalue weighted by Crippen LogP contribution is 2.36. The van der Waals surface area contributed by atoms with E-state index in [1.54, 1.807) is 44.4 Å². The summed E-state index contributed by atoms with van der Waals surface area (Å²) < 4.78 is 0. The van der Waals surface area contributed by atoms with Gasteiger partial charge in [-0.2, -0.15) is 0 Å². The molecule has 21 heavy (non-hydrogen) atoms. The number of carbonyl (C=O) groups excluding carboxylic acids is 1. The van der Waals surface area contributed by atoms with Gasteiger partial charge in [0.25, 0.3) is 5.91 Å². The number of amides is 1. The highest BCUT2D eigenvalue weighted by atomic mass is 35.5. The van der Waals surface area contributed by atoms with Crippen LogP contribution in [0.5, 0.6) is 5.75 Å². The average molecular weight is 323 g/mol. The minimum absolute atomic E-state index is 0.0497. The second-order valence-electron chi connectivity index (χ2n) is 4.66. The second-order valence-corrected chi connectivity index (χ2v) is 6.18. The monoisotopic (exact) mass is 322 g/mol. The number of phenolic OH excluding ortho intramolecular Hbond substituents is 1. The Labute approximate surface area is 132 Å². The lowest BCUT2D eigenvalue weighted by molar-refractivity contribution is 0.0824. The number of nitrogen functional groups attached to an aromatic ring is 1. The molecule has 110 valence electrons. The summed E-state index contributed by atoms with van der Waals surface area (Å²) >= 11 is 7.24. The number of hydrogen-bond donors (Lipinski definition) is 2. The van der Waals surface area contributed by atoms with Crippen LogP contribution in [0, 0.1) is 0 Å². The molecule has 0 heterocycles. The lowest BCUT2D eigenvalue weighted by Crippen LogP contribution is -2.22. The zero-order chi connectivity index (χ0) is 15.6. The molecule has 4 nitrogen and oxygen atoms in total. The summed E-state index contributed by atoms with van der Waals surface area (Å²) in [6.45, 7) is 0. The van der Waals surface area contributed by atoms with Crippen LogP contribution in [-0.2, 0) is 0 Å². The molecule has 2 aromatic rings. The Balaban J connectivity index is 2.42. The highest BCUT2D eigenvalue weighted by molar-refractivity contribution is 7.99. The first-order chi connectivity index (χ1) is 9.88. The fraction of sp³-hybridized carbons (Fsp3) is 0.133. The molecule has 0 radical (unpaired) electrons. The molecule has 0 fully saturated rings. The molecular weight excluding hydrogens is 308 g/mol. The van der Waals surface area contributed by atoms with Crippen molar-refractivity contribution >= 4 is 35.0 Å². The molecule has 0 aromatic heterocycles. The number of carbonyl (C=O) groups is 1. The predicted molar refractivity (Wildman–Crippen MR) is 86.1 cm³/mol. The SMILES string of the molecule is CN(C)C(=O)c1cc(O)ccc1Sc1ccc(Cl)cc1N. The van der Waals surface area contributed by atoms with Crippen LogP contribution in [0.4, 0.5) is 5.69 Å². The van der Waals surface area contributed by atoms with Crippen molar-refractivity contribution < 1.29 is 9.90 Å². The Morgan fingerprint density at radius 1 is 1.19 bits per heavy atom. The van der Waals surface area contributed by atoms with E-state index in [0.29, 0.717) is 16.3 Å². The number of hydrogen-bond acceptors (Lipinski definition) is 4. The maximum absolute atomic E-state index is 12.2. The summed E-state index contributed by atoms with van der Waals surface area (Å²) in [7, 11) is 3.33. The van der Waals surface area contributed by atoms with Crippen molar-refractivity contribution in [2.75, 3.05) is 19.8 Å². The summed E-state index contributed by atoms with van der Waals surface area (Å²) in [6, 6.07) is 9.91. The Hall–Kier alpha value is -1.85. The van der Waals surface area contributed by atoms with Gasteiger partial charge in [0.1, 0.15) is 5.75 Å². The van der Waals surface area contributed by atoms with Gasteiger partial charge >= 0.3 is 0 Å². The van der Waals surface area contributed by atoms with Crippen molar-refractivity contribution in [2.24, 2.45) is 0 Å². The fourth-order valence-electron chi connectivity index (χ4n) is 1.75. The summed E-state index contributed by atoms with van der Waals surface area (Å²) in [6.07, 6.45) is 0. The Morgan fingerprint density at radius 2 is 1.86 bits per heavy atom. The van der Waals surface area contributed by atoms with Crippen LogP contribution in [0.25, 0.3) is 0 Å². The van der Waals surface area contributed by atoms with Gasteiger partial charge in [0.15, 0.2) is 0 Å². The molecular formula is C15H15ClN2O2S. The van der Waals surface area contributed by atoms with Crippen molar-refractivity contribution in [3.05, 3.63) is 47.0 Å². The van der Waals surface area contributed by atoms with Crippen molar-refractivity contribution in [3.63, 3.8) is 0 Å². The molecule has 6 heteroatoms. The smallest absolute Gasteiger partial charge is 0.254 e. The van der Waals surface area contributed by atoms with Gasteiger partial charge in [-0.1, -0.05) is 23.4 Å². The van der Waals surface area contributed by atoms with Crippen LogP contribution in [0.1, 0.15) is 10.4 Å². The summed E-state index contributed by atoms with van der Waals surface area (Å²) in [5.74, 6) is -0.130. The van der Waals surface area contributed by atoms with Gasteiger partial charge in [0.05, 0.1) is 5.56 Å². The van der Waals surface area contributed by atoms with Gasteiger partial charge in [0.2, 0.25) is 0 Å². The zero-order valence-corrected chi connectivity index (χ0v) is 13.2. The van der Waals surface area contributed by atoms with E-state index >= 15 is 0 Å². The molecule has 0 atom stereocenters. The molecule has 0 aliphatic rings. The third kappa shape index (κ3) is 3.62. The summed E-state index contributed by atoms with van der Waals surface area (Å²) in [5.41, 5.74) is 6.91. The Bertz CT molecular complexity index is 689. The normalized spacial score (nSPS) is 10.4. The van der Waals surface area contributed by atoms with Gasteiger partial charge in [-0.25, -0.2) is 0 Å². The first-order valence-corrected chi connectivity index (χ1v) is 7.35. The molecule has 0 aliphatic carbocycles. The van der Waals surface area contributed by atoms with Crippen LogP contribution in [0.2, 0.25) is 5.02 Å². The van der Waals surface area contributed by atoms with Crippen molar-refractivity contribution in [3.8, 4) is 5.75 Å². The molecule has 0 spiro atoms. The van der Waals surface area contributed by atoms with E-state index in [0.717, 1.165) is 9.79 Å². The Morgan fingerprint density at radius 3 is 2.48 bits per heavy atom. The number of nitrogens with zero attached hydrogens (tertiary/aromatic N) is 1. The first kappa shape index (κ1) is 15.5. The third-order valence-corrected chi connectivity index (χ3v) is 4.19. The number of benzene rings is 2. The molecule has 3 N–H and O–H groups in total. The van der Waals surface area contributed by atoms with Gasteiger partial charge in [-0.15, -0.1) is 0 Å². The van der Waals surface area contributed by atoms with Crippen molar-refractivity contribution in [1.82, 2.24) is 4.90 Å². The number of phenols is 1. The van der Waals surface area contributed by atoms with E-state index in [4.69, 9.17) is 17.3 Å². The predicted octanol–water partition coefficient (Wildman–Crippen LogP) is 3.48. The van der Waals surface area contributed by atoms with E-state index in [2.05, 4.69) is 0 Å². The molecule has 2 rings (SSSR count). The standard InChI is InChI=1S/C15H15ClN2O2S/c1-18(2)15(20)11-8-10(19)4-6-13(11)21-14-5-3-9(16)7-12(14)17/h3-8,19H,17H2,1-2H3.